The van der Waals surface area contributed by atoms with Gasteiger partial charge in [0.1, 0.15) is 13.2 Å². The Kier molecular flexibility index (Phi) is 41.3. The van der Waals surface area contributed by atoms with E-state index in [4.69, 9.17) is 14.2 Å². The largest absolute Gasteiger partial charge is 0.462 e. The van der Waals surface area contributed by atoms with E-state index in [-0.39, 0.29) is 38.0 Å². The molecule has 6 nitrogen and oxygen atoms in total. The predicted octanol–water partition coefficient (Wildman–Crippen LogP) is 14.1. The Morgan fingerprint density at radius 3 is 1.22 bits per heavy atom. The molecule has 0 fully saturated rings. The van der Waals surface area contributed by atoms with Gasteiger partial charge in [-0.15, -0.1) is 0 Å². The number of ether oxygens (including phenoxy) is 3. The maximum absolute atomic E-state index is 12.7. The summed E-state index contributed by atoms with van der Waals surface area (Å²) in [6.45, 7) is 6.07. The fraction of sp³-hybridized carbons (Fsp3) is 0.481. The summed E-state index contributed by atoms with van der Waals surface area (Å²) in [5.41, 5.74) is 0. The summed E-state index contributed by atoms with van der Waals surface area (Å²) >= 11 is 0. The molecule has 0 bridgehead atoms. The Labute approximate surface area is 353 Å². The van der Waals surface area contributed by atoms with Crippen LogP contribution in [0.15, 0.2) is 146 Å². The summed E-state index contributed by atoms with van der Waals surface area (Å²) in [5, 5.41) is 0. The van der Waals surface area contributed by atoms with Gasteiger partial charge in [-0.3, -0.25) is 14.4 Å². The van der Waals surface area contributed by atoms with Crippen molar-refractivity contribution in [3.05, 3.63) is 146 Å². The van der Waals surface area contributed by atoms with Gasteiger partial charge in [-0.25, -0.2) is 0 Å². The molecule has 0 aliphatic heterocycles. The summed E-state index contributed by atoms with van der Waals surface area (Å²) in [4.78, 5) is 37.7. The van der Waals surface area contributed by atoms with Crippen LogP contribution < -0.4 is 0 Å². The molecule has 1 atom stereocenters. The quantitative estimate of drug-likeness (QED) is 0.0207. The van der Waals surface area contributed by atoms with Crippen molar-refractivity contribution in [1.82, 2.24) is 0 Å². The summed E-state index contributed by atoms with van der Waals surface area (Å²) in [6, 6.07) is 0. The van der Waals surface area contributed by atoms with E-state index in [2.05, 4.69) is 75.5 Å². The normalized spacial score (nSPS) is 13.5. The Hall–Kier alpha value is -4.71. The van der Waals surface area contributed by atoms with Gasteiger partial charge in [0.05, 0.1) is 0 Å². The minimum atomic E-state index is -0.845. The summed E-state index contributed by atoms with van der Waals surface area (Å²) in [7, 11) is 0. The van der Waals surface area contributed by atoms with Gasteiger partial charge in [-0.05, 0) is 83.5 Å². The number of allylic oxidation sites excluding steroid dienone is 24. The second kappa shape index (κ2) is 45.0. The minimum Gasteiger partial charge on any atom is -0.462 e. The smallest absolute Gasteiger partial charge is 0.306 e. The highest BCUT2D eigenvalue weighted by molar-refractivity contribution is 5.71. The zero-order valence-electron chi connectivity index (χ0n) is 36.2. The van der Waals surface area contributed by atoms with Crippen LogP contribution in [-0.2, 0) is 28.6 Å². The number of esters is 3. The third-order valence-electron chi connectivity index (χ3n) is 8.29. The van der Waals surface area contributed by atoms with E-state index in [1.165, 1.54) is 0 Å². The zero-order chi connectivity index (χ0) is 42.3. The van der Waals surface area contributed by atoms with Gasteiger partial charge >= 0.3 is 17.9 Å². The van der Waals surface area contributed by atoms with Crippen molar-refractivity contribution >= 4 is 17.9 Å². The molecule has 0 saturated heterocycles. The summed E-state index contributed by atoms with van der Waals surface area (Å²) < 4.78 is 16.6. The molecule has 0 N–H and O–H groups in total. The molecular weight excluding hydrogens is 721 g/mol. The molecule has 0 radical (unpaired) electrons. The third-order valence-corrected chi connectivity index (χ3v) is 8.29. The van der Waals surface area contributed by atoms with Crippen LogP contribution in [0.5, 0.6) is 0 Å². The van der Waals surface area contributed by atoms with Crippen LogP contribution in [-0.4, -0.2) is 37.2 Å². The fourth-order valence-electron chi connectivity index (χ4n) is 5.08. The second-order valence-corrected chi connectivity index (χ2v) is 13.7. The number of rotatable bonds is 36. The lowest BCUT2D eigenvalue weighted by molar-refractivity contribution is -0.167. The molecule has 0 amide bonds. The van der Waals surface area contributed by atoms with E-state index in [9.17, 15) is 14.4 Å². The number of hydrogen-bond acceptors (Lipinski definition) is 6. The van der Waals surface area contributed by atoms with E-state index in [1.807, 2.05) is 91.1 Å². The topological polar surface area (TPSA) is 78.9 Å². The molecule has 0 spiro atoms. The highest BCUT2D eigenvalue weighted by atomic mass is 16.6. The molecule has 1 unspecified atom stereocenters. The van der Waals surface area contributed by atoms with E-state index < -0.39 is 12.1 Å². The van der Waals surface area contributed by atoms with Crippen molar-refractivity contribution in [2.45, 2.75) is 149 Å². The molecule has 58 heavy (non-hydrogen) atoms. The highest BCUT2D eigenvalue weighted by Gasteiger charge is 2.19. The summed E-state index contributed by atoms with van der Waals surface area (Å²) in [5.74, 6) is -1.09. The van der Waals surface area contributed by atoms with Crippen molar-refractivity contribution in [3.63, 3.8) is 0 Å². The van der Waals surface area contributed by atoms with Crippen molar-refractivity contribution in [3.8, 4) is 0 Å². The third kappa shape index (κ3) is 42.4. The number of carbonyl (C=O) groups excluding carboxylic acids is 3. The molecule has 0 aromatic heterocycles. The maximum atomic E-state index is 12.7. The zero-order valence-corrected chi connectivity index (χ0v) is 36.2. The van der Waals surface area contributed by atoms with Crippen LogP contribution in [0.4, 0.5) is 0 Å². The van der Waals surface area contributed by atoms with Gasteiger partial charge in [-0.2, -0.15) is 0 Å². The molecule has 0 rings (SSSR count). The number of unbranched alkanes of at least 4 members (excludes halogenated alkanes) is 8. The minimum absolute atomic E-state index is 0.139. The van der Waals surface area contributed by atoms with Crippen LogP contribution in [0.25, 0.3) is 0 Å². The van der Waals surface area contributed by atoms with Crippen LogP contribution in [0, 0.1) is 0 Å². The van der Waals surface area contributed by atoms with Gasteiger partial charge in [0, 0.05) is 19.3 Å². The molecule has 0 aliphatic rings. The van der Waals surface area contributed by atoms with Crippen LogP contribution in [0.2, 0.25) is 0 Å². The predicted molar refractivity (Wildman–Crippen MR) is 246 cm³/mol. The second-order valence-electron chi connectivity index (χ2n) is 13.7. The van der Waals surface area contributed by atoms with Gasteiger partial charge < -0.3 is 14.2 Å². The SMILES string of the molecule is CC\C=C/C=C\C=C/C=C\C=C/CCCC(=O)OC(COC(=O)CCCCC\C=C/C=C\C=C/C=C\CC)COC(=O)CCCCCC/C=C\C/C=C\C/C=C\CC. The van der Waals surface area contributed by atoms with Gasteiger partial charge in [0.25, 0.3) is 0 Å². The van der Waals surface area contributed by atoms with Gasteiger partial charge in [0.15, 0.2) is 6.10 Å². The average molecular weight is 797 g/mol. The molecule has 0 aromatic carbocycles. The first-order chi connectivity index (χ1) is 28.5. The van der Waals surface area contributed by atoms with Crippen LogP contribution >= 0.6 is 0 Å². The van der Waals surface area contributed by atoms with Gasteiger partial charge in [-0.1, -0.05) is 186 Å². The first-order valence-electron chi connectivity index (χ1n) is 22.0. The molecule has 0 heterocycles. The van der Waals surface area contributed by atoms with Crippen LogP contribution in [0.3, 0.4) is 0 Å². The Morgan fingerprint density at radius 1 is 0.362 bits per heavy atom. The van der Waals surface area contributed by atoms with E-state index >= 15 is 0 Å². The molecule has 0 saturated carbocycles. The van der Waals surface area contributed by atoms with E-state index in [0.29, 0.717) is 25.7 Å². The Bertz CT molecular complexity index is 1380. The standard InChI is InChI=1S/C52H76O6/c1-4-7-10-13-16-19-22-25-28-30-33-36-39-42-45-51(54)57-48-49(58-52(55)46-43-40-37-34-31-27-24-21-18-15-12-9-6-3)47-56-50(53)44-41-38-35-32-29-26-23-20-17-14-11-8-5-2/h7-12,14-21,23-29,31,34,37,49H,4-6,13,22,30,32-33,35-36,38-48H2,1-3H3/b10-7-,11-8-,12-9-,17-14-,18-15-,19-16-,23-20-,24-21-,28-25-,29-26-,31-27-,37-34-. The lowest BCUT2D eigenvalue weighted by atomic mass is 10.1. The number of hydrogen-bond donors (Lipinski definition) is 0. The molecule has 0 aliphatic carbocycles. The molecule has 6 heteroatoms. The van der Waals surface area contributed by atoms with Crippen molar-refractivity contribution in [2.75, 3.05) is 13.2 Å². The van der Waals surface area contributed by atoms with Crippen molar-refractivity contribution in [2.24, 2.45) is 0 Å². The lowest BCUT2D eigenvalue weighted by Crippen LogP contribution is -2.30. The van der Waals surface area contributed by atoms with Crippen LogP contribution in [0.1, 0.15) is 143 Å². The van der Waals surface area contributed by atoms with Crippen molar-refractivity contribution in [1.29, 1.82) is 0 Å². The van der Waals surface area contributed by atoms with E-state index in [0.717, 1.165) is 83.5 Å². The van der Waals surface area contributed by atoms with E-state index in [1.54, 1.807) is 0 Å². The molecule has 320 valence electrons. The number of carbonyl (C=O) groups is 3. The maximum Gasteiger partial charge on any atom is 0.306 e. The Morgan fingerprint density at radius 2 is 0.724 bits per heavy atom. The summed E-state index contributed by atoms with van der Waals surface area (Å²) in [6.07, 6.45) is 64.1. The fourth-order valence-corrected chi connectivity index (χ4v) is 5.08. The molecular formula is C52H76O6. The highest BCUT2D eigenvalue weighted by Crippen LogP contribution is 2.10. The van der Waals surface area contributed by atoms with Crippen molar-refractivity contribution < 1.29 is 28.6 Å². The average Bonchev–Trinajstić information content (AvgIpc) is 3.22. The monoisotopic (exact) mass is 797 g/mol. The van der Waals surface area contributed by atoms with Gasteiger partial charge in [0.2, 0.25) is 0 Å². The first-order valence-corrected chi connectivity index (χ1v) is 22.0. The molecule has 0 aromatic rings. The Balaban J connectivity index is 4.65. The lowest BCUT2D eigenvalue weighted by Gasteiger charge is -2.18. The first kappa shape index (κ1) is 53.3.